The molecule has 115 heavy (non-hydrogen) atoms. The standard InChI is InChI=1S/C79H100Cl2N9O23PS/c1-6-86(26-27-87(7-2)79(100)112-65-42-60-70(58-16-10-8-14-56(58)65)53(45-80)47-89(60)74(95)63-22-23-64(111-63)75(96)90-48-54(46-81)71-59-17-11-9-15-57(59)66(43-61(71)90)113-114(101,102)103)78(99)110-49-51-18-20-55(21-19-51)84-73(94)52(13-12-25-83-77(82)98)41-62(91)72(50(3)4)85-68(92)24-29-104-31-33-106-35-37-108-39-40-109-38-36-107-34-32-105-30-28-88-69(93)44-67(115-5)76(88)97/h8-11,14-23,42-43,50,52-54,67,72H,6-7,12-13,24-41,44-49H2,1-5H3,(H,84,94)(H,85,92)(H3,82,83,98)(H2,101,102,103)/t52-,53-,54-,67?,72+/m1/s1. The largest absolute Gasteiger partial charge is 0.524 e. The van der Waals surface area contributed by atoms with Crippen LogP contribution in [-0.4, -0.2) is 245 Å². The maximum Gasteiger partial charge on any atom is 0.524 e. The molecule has 4 heterocycles. The number of furan rings is 1. The Labute approximate surface area is 680 Å². The number of benzene rings is 5. The number of likely N-dealkylation sites (N-methyl/N-ethyl adjacent to an activating group) is 2. The first kappa shape index (κ1) is 90.0. The van der Waals surface area contributed by atoms with E-state index in [4.69, 9.17) is 75.8 Å². The predicted octanol–water partition coefficient (Wildman–Crippen LogP) is 9.59. The van der Waals surface area contributed by atoms with Gasteiger partial charge in [-0.05, 0) is 90.6 Å². The summed E-state index contributed by atoms with van der Waals surface area (Å²) in [6.45, 7) is 11.5. The number of carbonyl (C=O) groups is 10. The molecule has 3 aliphatic heterocycles. The molecule has 1 saturated heterocycles. The number of imide groups is 1. The van der Waals surface area contributed by atoms with E-state index in [9.17, 15) is 62.3 Å². The molecule has 32 nitrogen and oxygen atoms in total. The first-order chi connectivity index (χ1) is 55.4. The molecule has 36 heteroatoms. The lowest BCUT2D eigenvalue weighted by Gasteiger charge is -2.26. The van der Waals surface area contributed by atoms with Crippen molar-refractivity contribution < 1.29 is 109 Å². The molecule has 1 fully saturated rings. The molecule has 0 radical (unpaired) electrons. The zero-order chi connectivity index (χ0) is 82.7. The second-order valence-corrected chi connectivity index (χ2v) is 30.4. The number of nitrogens with two attached hydrogens (primary N) is 1. The SMILES string of the molecule is CCN(CCN(CC)C(=O)Oc1cc2c(c3ccccc13)[C@H](CCl)CN2C(=O)c1ccc(C(=O)N2C[C@@H](CCl)c3c2cc(OP(=O)(O)O)c2ccccc32)o1)C(=O)OCc1ccc(NC(=O)[C@H](CCCNC(N)=O)CC(=O)[C@@H](NC(=O)CCOCCOCCOCCOCCOCCOCCN2C(=O)CC(SC)C2=O)C(C)C)cc1. The number of rotatable bonds is 47. The van der Waals surface area contributed by atoms with E-state index >= 15 is 0 Å². The van der Waals surface area contributed by atoms with Crippen molar-refractivity contribution in [3.63, 3.8) is 0 Å². The average molecular weight is 1680 g/mol. The highest BCUT2D eigenvalue weighted by Crippen LogP contribution is 2.50. The normalized spacial score (nSPS) is 15.7. The Morgan fingerprint density at radius 2 is 1.17 bits per heavy atom. The Hall–Kier alpha value is -8.96. The summed E-state index contributed by atoms with van der Waals surface area (Å²) in [5.74, 6) is -5.01. The fourth-order valence-corrected chi connectivity index (χ4v) is 15.2. The summed E-state index contributed by atoms with van der Waals surface area (Å²) in [6.07, 6.45) is 0.868. The van der Waals surface area contributed by atoms with Gasteiger partial charge in [0.1, 0.15) is 18.1 Å². The molecular formula is C79H100Cl2N9O23PS. The van der Waals surface area contributed by atoms with Gasteiger partial charge in [0.05, 0.1) is 108 Å². The van der Waals surface area contributed by atoms with Gasteiger partial charge in [-0.1, -0.05) is 74.5 Å². The number of fused-ring (bicyclic) bond motifs is 6. The van der Waals surface area contributed by atoms with Crippen molar-refractivity contribution in [1.29, 1.82) is 0 Å². The van der Waals surface area contributed by atoms with E-state index < -0.39 is 61.6 Å². The van der Waals surface area contributed by atoms with E-state index in [-0.39, 0.29) is 186 Å². The van der Waals surface area contributed by atoms with E-state index in [0.717, 1.165) is 5.56 Å². The minimum atomic E-state index is -5.04. The fraction of sp³-hybridized carbons (Fsp3) is 0.494. The number of alkyl halides is 2. The van der Waals surface area contributed by atoms with Gasteiger partial charge >= 0.3 is 26.0 Å². The number of phosphoric ester groups is 1. The van der Waals surface area contributed by atoms with Crippen molar-refractivity contribution in [2.45, 2.75) is 89.5 Å². The number of urea groups is 1. The van der Waals surface area contributed by atoms with Crippen LogP contribution >= 0.6 is 42.8 Å². The number of primary amides is 1. The number of halogens is 2. The molecule has 9 rings (SSSR count). The molecule has 6 aromatic rings. The quantitative estimate of drug-likeness (QED) is 0.00895. The third-order valence-corrected chi connectivity index (χ3v) is 21.6. The van der Waals surface area contributed by atoms with Gasteiger partial charge < -0.3 is 88.1 Å². The van der Waals surface area contributed by atoms with Crippen molar-refractivity contribution in [2.24, 2.45) is 17.6 Å². The summed E-state index contributed by atoms with van der Waals surface area (Å²) >= 11 is 14.5. The molecule has 0 saturated carbocycles. The van der Waals surface area contributed by atoms with Crippen molar-refractivity contribution >= 4 is 141 Å². The molecule has 0 bridgehead atoms. The minimum absolute atomic E-state index is 0.0346. The lowest BCUT2D eigenvalue weighted by molar-refractivity contribution is -0.139. The molecule has 624 valence electrons. The third-order valence-electron chi connectivity index (χ3n) is 19.5. The van der Waals surface area contributed by atoms with Crippen LogP contribution in [0.25, 0.3) is 21.5 Å². The number of nitrogens with one attached hydrogen (secondary N) is 3. The molecule has 10 amide bonds. The van der Waals surface area contributed by atoms with Gasteiger partial charge in [0.25, 0.3) is 11.8 Å². The Morgan fingerprint density at radius 3 is 1.65 bits per heavy atom. The lowest BCUT2D eigenvalue weighted by Crippen LogP contribution is -2.45. The summed E-state index contributed by atoms with van der Waals surface area (Å²) in [5.41, 5.74) is 8.35. The highest BCUT2D eigenvalue weighted by atomic mass is 35.5. The lowest BCUT2D eigenvalue weighted by atomic mass is 9.89. The number of nitrogens with zero attached hydrogens (tertiary/aromatic N) is 5. The van der Waals surface area contributed by atoms with Crippen LogP contribution in [-0.2, 0) is 68.3 Å². The number of Topliss-reactive ketones (excluding diaryl/α,β-unsaturated/α-hetero) is 1. The zero-order valence-corrected chi connectivity index (χ0v) is 68.1. The maximum atomic E-state index is 14.7. The van der Waals surface area contributed by atoms with Crippen LogP contribution < -0.4 is 40.7 Å². The number of anilines is 3. The van der Waals surface area contributed by atoms with E-state index in [2.05, 4.69) is 16.0 Å². The molecule has 5 aromatic carbocycles. The van der Waals surface area contributed by atoms with Crippen molar-refractivity contribution in [3.8, 4) is 11.5 Å². The zero-order valence-electron chi connectivity index (χ0n) is 64.9. The number of carbonyl (C=O) groups excluding carboxylic acids is 10. The molecule has 0 aliphatic carbocycles. The molecule has 7 N–H and O–H groups in total. The van der Waals surface area contributed by atoms with Crippen LogP contribution in [0.2, 0.25) is 0 Å². The number of likely N-dealkylation sites (tertiary alicyclic amines) is 1. The van der Waals surface area contributed by atoms with Gasteiger partial charge in [0.15, 0.2) is 17.3 Å². The molecule has 5 atom stereocenters. The van der Waals surface area contributed by atoms with Crippen LogP contribution in [0.15, 0.2) is 101 Å². The maximum absolute atomic E-state index is 14.7. The van der Waals surface area contributed by atoms with Crippen molar-refractivity contribution in [2.75, 3.05) is 165 Å². The summed E-state index contributed by atoms with van der Waals surface area (Å²) in [4.78, 5) is 160. The fourth-order valence-electron chi connectivity index (χ4n) is 13.6. The Kier molecular flexibility index (Phi) is 34.7. The van der Waals surface area contributed by atoms with E-state index in [1.165, 1.54) is 54.5 Å². The van der Waals surface area contributed by atoms with Gasteiger partial charge in [0, 0.05) is 123 Å². The summed E-state index contributed by atoms with van der Waals surface area (Å²) in [5, 5.41) is 10.1. The smallest absolute Gasteiger partial charge is 0.446 e. The van der Waals surface area contributed by atoms with E-state index in [1.807, 2.05) is 18.4 Å². The van der Waals surface area contributed by atoms with Crippen LogP contribution in [0.5, 0.6) is 11.5 Å². The number of hydrogen-bond donors (Lipinski definition) is 6. The van der Waals surface area contributed by atoms with Gasteiger partial charge in [-0.3, -0.25) is 48.2 Å². The Bertz CT molecular complexity index is 4420. The second-order valence-electron chi connectivity index (χ2n) is 27.6. The number of amides is 10. The van der Waals surface area contributed by atoms with Crippen LogP contribution in [0.1, 0.15) is 109 Å². The summed E-state index contributed by atoms with van der Waals surface area (Å²) in [7, 11) is -5.04. The molecular weight excluding hydrogens is 1580 g/mol. The number of hydrogen-bond acceptors (Lipinski definition) is 22. The van der Waals surface area contributed by atoms with Gasteiger partial charge in [-0.25, -0.2) is 18.9 Å². The van der Waals surface area contributed by atoms with Crippen LogP contribution in [0.4, 0.5) is 31.4 Å². The predicted molar refractivity (Wildman–Crippen MR) is 430 cm³/mol. The summed E-state index contributed by atoms with van der Waals surface area (Å²) in [6, 6.07) is 24.7. The number of ether oxygens (including phenoxy) is 8. The van der Waals surface area contributed by atoms with Crippen LogP contribution in [0, 0.1) is 11.8 Å². The average Bonchev–Trinajstić information content (AvgIpc) is 1.61. The summed E-state index contributed by atoms with van der Waals surface area (Å²) < 4.78 is 68.3. The molecule has 0 spiro atoms. The van der Waals surface area contributed by atoms with Gasteiger partial charge in [-0.2, -0.15) is 11.8 Å². The van der Waals surface area contributed by atoms with Crippen molar-refractivity contribution in [1.82, 2.24) is 25.3 Å². The topological polar surface area (TPSA) is 403 Å². The van der Waals surface area contributed by atoms with Crippen LogP contribution in [0.3, 0.4) is 0 Å². The number of phosphoric acid groups is 1. The first-order valence-corrected chi connectivity index (χ1v) is 41.9. The van der Waals surface area contributed by atoms with Gasteiger partial charge in [-0.15, -0.1) is 23.2 Å². The second kappa shape index (κ2) is 44.4. The first-order valence-electron chi connectivity index (χ1n) is 38.1. The van der Waals surface area contributed by atoms with Crippen molar-refractivity contribution in [3.05, 3.63) is 125 Å². The Morgan fingerprint density at radius 1 is 0.670 bits per heavy atom. The monoisotopic (exact) mass is 1680 g/mol. The highest BCUT2D eigenvalue weighted by Gasteiger charge is 2.41. The minimum Gasteiger partial charge on any atom is -0.446 e. The highest BCUT2D eigenvalue weighted by molar-refractivity contribution is 8.00. The van der Waals surface area contributed by atoms with Gasteiger partial charge in [0.2, 0.25) is 23.6 Å². The van der Waals surface area contributed by atoms with E-state index in [0.29, 0.717) is 109 Å². The molecule has 1 unspecified atom stereocenters. The third kappa shape index (κ3) is 25.0. The number of thioether (sulfide) groups is 1. The number of ketones is 1. The van der Waals surface area contributed by atoms with E-state index in [1.54, 1.807) is 94.4 Å². The Balaban J connectivity index is 0.697. The molecule has 3 aliphatic rings. The molecule has 1 aromatic heterocycles.